The van der Waals surface area contributed by atoms with Crippen LogP contribution in [-0.4, -0.2) is 46.9 Å². The second-order valence-corrected chi connectivity index (χ2v) is 7.76. The Morgan fingerprint density at radius 2 is 1.89 bits per heavy atom. The summed E-state index contributed by atoms with van der Waals surface area (Å²) >= 11 is 0. The van der Waals surface area contributed by atoms with Crippen LogP contribution in [0.2, 0.25) is 0 Å². The molecule has 144 valence electrons. The summed E-state index contributed by atoms with van der Waals surface area (Å²) in [6.45, 7) is 6.94. The Bertz CT molecular complexity index is 852. The number of ether oxygens (including phenoxy) is 1. The lowest BCUT2D eigenvalue weighted by molar-refractivity contribution is 0.0496. The Kier molecular flexibility index (Phi) is 5.21. The van der Waals surface area contributed by atoms with Crippen LogP contribution < -0.4 is 10.2 Å². The molecule has 1 fully saturated rings. The molecule has 1 aliphatic rings. The van der Waals surface area contributed by atoms with Crippen molar-refractivity contribution in [2.75, 3.05) is 18.0 Å². The molecule has 27 heavy (non-hydrogen) atoms. The molecule has 2 N–H and O–H groups in total. The van der Waals surface area contributed by atoms with E-state index in [1.165, 1.54) is 0 Å². The third-order valence-corrected chi connectivity index (χ3v) is 4.47. The summed E-state index contributed by atoms with van der Waals surface area (Å²) in [5.74, 6) is -1.04. The fourth-order valence-electron chi connectivity index (χ4n) is 3.27. The maximum Gasteiger partial charge on any atom is 0.407 e. The zero-order valence-electron chi connectivity index (χ0n) is 15.9. The van der Waals surface area contributed by atoms with E-state index in [1.54, 1.807) is 6.07 Å². The summed E-state index contributed by atoms with van der Waals surface area (Å²) in [5, 5.41) is 13.2. The van der Waals surface area contributed by atoms with Gasteiger partial charge in [-0.1, -0.05) is 18.2 Å². The molecular weight excluding hydrogens is 346 g/mol. The Morgan fingerprint density at radius 1 is 1.22 bits per heavy atom. The quantitative estimate of drug-likeness (QED) is 0.859. The molecule has 2 aromatic rings. The predicted molar refractivity (Wildman–Crippen MR) is 103 cm³/mol. The summed E-state index contributed by atoms with van der Waals surface area (Å²) in [7, 11) is 0. The maximum atomic E-state index is 12.0. The van der Waals surface area contributed by atoms with E-state index < -0.39 is 17.7 Å². The van der Waals surface area contributed by atoms with Gasteiger partial charge in [-0.25, -0.2) is 14.6 Å². The molecule has 2 heterocycles. The molecule has 0 atom stereocenters. The van der Waals surface area contributed by atoms with Crippen molar-refractivity contribution in [1.82, 2.24) is 10.3 Å². The zero-order chi connectivity index (χ0) is 19.6. The first-order chi connectivity index (χ1) is 12.7. The molecule has 0 bridgehead atoms. The number of hydrogen-bond donors (Lipinski definition) is 2. The predicted octanol–water partition coefficient (Wildman–Crippen LogP) is 3.43. The molecular formula is C20H25N3O4. The van der Waals surface area contributed by atoms with Crippen LogP contribution in [0.15, 0.2) is 30.3 Å². The molecule has 0 saturated carbocycles. The van der Waals surface area contributed by atoms with Gasteiger partial charge in [-0.3, -0.25) is 0 Å². The number of aromatic carboxylic acids is 1. The van der Waals surface area contributed by atoms with E-state index in [0.29, 0.717) is 18.6 Å². The summed E-state index contributed by atoms with van der Waals surface area (Å²) in [6.07, 6.45) is 1.12. The molecule has 1 amide bonds. The lowest BCUT2D eigenvalue weighted by Crippen LogP contribution is -2.46. The van der Waals surface area contributed by atoms with Crippen LogP contribution in [0.5, 0.6) is 0 Å². The summed E-state index contributed by atoms with van der Waals surface area (Å²) < 4.78 is 5.31. The van der Waals surface area contributed by atoms with Crippen LogP contribution in [0.25, 0.3) is 10.9 Å². The smallest absolute Gasteiger partial charge is 0.407 e. The van der Waals surface area contributed by atoms with Crippen molar-refractivity contribution >= 4 is 28.7 Å². The first kappa shape index (κ1) is 18.9. The number of amides is 1. The van der Waals surface area contributed by atoms with E-state index >= 15 is 0 Å². The first-order valence-electron chi connectivity index (χ1n) is 9.10. The highest BCUT2D eigenvalue weighted by Crippen LogP contribution is 2.29. The molecule has 1 saturated heterocycles. The van der Waals surface area contributed by atoms with Crippen LogP contribution in [0, 0.1) is 0 Å². The molecule has 0 radical (unpaired) electrons. The normalized spacial score (nSPS) is 15.6. The van der Waals surface area contributed by atoms with Gasteiger partial charge in [0.15, 0.2) is 5.69 Å². The van der Waals surface area contributed by atoms with Crippen LogP contribution in [0.4, 0.5) is 10.5 Å². The fourth-order valence-corrected chi connectivity index (χ4v) is 3.27. The molecule has 0 aliphatic carbocycles. The third kappa shape index (κ3) is 4.67. The van der Waals surface area contributed by atoms with Gasteiger partial charge < -0.3 is 20.1 Å². The van der Waals surface area contributed by atoms with Gasteiger partial charge in [0.2, 0.25) is 0 Å². The number of nitrogens with one attached hydrogen (secondary N) is 1. The first-order valence-corrected chi connectivity index (χ1v) is 9.10. The number of carbonyl (C=O) groups is 2. The number of nitrogens with zero attached hydrogens (tertiary/aromatic N) is 2. The Hall–Kier alpha value is -2.83. The van der Waals surface area contributed by atoms with Gasteiger partial charge in [0.05, 0.1) is 5.52 Å². The van der Waals surface area contributed by atoms with Gasteiger partial charge in [0.25, 0.3) is 0 Å². The Morgan fingerprint density at radius 3 is 2.52 bits per heavy atom. The highest BCUT2D eigenvalue weighted by atomic mass is 16.6. The summed E-state index contributed by atoms with van der Waals surface area (Å²) in [4.78, 5) is 29.8. The number of rotatable bonds is 3. The average molecular weight is 371 g/mol. The lowest BCUT2D eigenvalue weighted by Gasteiger charge is -2.35. The number of fused-ring (bicyclic) bond motifs is 1. The standard InChI is InChI=1S/C20H25N3O4/c1-20(2,3)27-19(26)21-13-8-10-23(11-9-13)17-12-16(18(24)25)22-15-7-5-4-6-14(15)17/h4-7,12-13H,8-11H2,1-3H3,(H,21,26)(H,24,25). The third-order valence-electron chi connectivity index (χ3n) is 4.47. The number of carboxylic acids is 1. The van der Waals surface area contributed by atoms with Crippen molar-refractivity contribution in [3.8, 4) is 0 Å². The summed E-state index contributed by atoms with van der Waals surface area (Å²) in [6, 6.07) is 9.22. The fraction of sp³-hybridized carbons (Fsp3) is 0.450. The number of piperidine rings is 1. The molecule has 3 rings (SSSR count). The number of pyridine rings is 1. The van der Waals surface area contributed by atoms with Crippen molar-refractivity contribution in [1.29, 1.82) is 0 Å². The number of para-hydroxylation sites is 1. The highest BCUT2D eigenvalue weighted by Gasteiger charge is 2.25. The van der Waals surface area contributed by atoms with E-state index in [1.807, 2.05) is 45.0 Å². The van der Waals surface area contributed by atoms with E-state index in [-0.39, 0.29) is 11.7 Å². The zero-order valence-corrected chi connectivity index (χ0v) is 15.9. The van der Waals surface area contributed by atoms with Crippen LogP contribution in [-0.2, 0) is 4.74 Å². The van der Waals surface area contributed by atoms with Crippen LogP contribution in [0.3, 0.4) is 0 Å². The molecule has 0 spiro atoms. The minimum Gasteiger partial charge on any atom is -0.477 e. The largest absolute Gasteiger partial charge is 0.477 e. The van der Waals surface area contributed by atoms with Gasteiger partial charge in [-0.05, 0) is 45.7 Å². The van der Waals surface area contributed by atoms with Gasteiger partial charge >= 0.3 is 12.1 Å². The van der Waals surface area contributed by atoms with E-state index in [9.17, 15) is 14.7 Å². The highest BCUT2D eigenvalue weighted by molar-refractivity contribution is 5.97. The SMILES string of the molecule is CC(C)(C)OC(=O)NC1CCN(c2cc(C(=O)O)nc3ccccc23)CC1. The average Bonchev–Trinajstić information content (AvgIpc) is 2.59. The Balaban J connectivity index is 1.73. The molecule has 7 nitrogen and oxygen atoms in total. The lowest BCUT2D eigenvalue weighted by atomic mass is 10.0. The van der Waals surface area contributed by atoms with Gasteiger partial charge in [0, 0.05) is 30.2 Å². The second kappa shape index (κ2) is 7.42. The number of hydrogen-bond acceptors (Lipinski definition) is 5. The monoisotopic (exact) mass is 371 g/mol. The molecule has 7 heteroatoms. The maximum absolute atomic E-state index is 12.0. The number of anilines is 1. The van der Waals surface area contributed by atoms with Crippen molar-refractivity contribution in [2.24, 2.45) is 0 Å². The summed E-state index contributed by atoms with van der Waals surface area (Å²) in [5.41, 5.74) is 1.06. The Labute approximate surface area is 158 Å². The number of benzene rings is 1. The van der Waals surface area contributed by atoms with E-state index in [2.05, 4.69) is 15.2 Å². The molecule has 1 aliphatic heterocycles. The van der Waals surface area contributed by atoms with Gasteiger partial charge in [-0.15, -0.1) is 0 Å². The van der Waals surface area contributed by atoms with Crippen molar-refractivity contribution < 1.29 is 19.4 Å². The number of carboxylic acid groups (broad SMARTS) is 1. The molecule has 1 aromatic heterocycles. The van der Waals surface area contributed by atoms with Crippen molar-refractivity contribution in [2.45, 2.75) is 45.3 Å². The van der Waals surface area contributed by atoms with E-state index in [4.69, 9.17) is 4.74 Å². The minimum atomic E-state index is -1.04. The van der Waals surface area contributed by atoms with Gasteiger partial charge in [0.1, 0.15) is 5.60 Å². The van der Waals surface area contributed by atoms with Crippen molar-refractivity contribution in [3.63, 3.8) is 0 Å². The number of aromatic nitrogens is 1. The van der Waals surface area contributed by atoms with Crippen molar-refractivity contribution in [3.05, 3.63) is 36.0 Å². The second-order valence-electron chi connectivity index (χ2n) is 7.76. The van der Waals surface area contributed by atoms with Gasteiger partial charge in [-0.2, -0.15) is 0 Å². The molecule has 0 unspecified atom stereocenters. The number of carbonyl (C=O) groups excluding carboxylic acids is 1. The van der Waals surface area contributed by atoms with E-state index in [0.717, 1.165) is 23.9 Å². The topological polar surface area (TPSA) is 91.8 Å². The van der Waals surface area contributed by atoms with Crippen LogP contribution >= 0.6 is 0 Å². The van der Waals surface area contributed by atoms with Crippen LogP contribution in [0.1, 0.15) is 44.1 Å². The number of alkyl carbamates (subject to hydrolysis) is 1. The minimum absolute atomic E-state index is 0.0395. The molecule has 1 aromatic carbocycles.